The maximum Gasteiger partial charge on any atom is 0.225 e. The zero-order valence-electron chi connectivity index (χ0n) is 11.4. The first-order chi connectivity index (χ1) is 9.71. The van der Waals surface area contributed by atoms with Gasteiger partial charge in [-0.2, -0.15) is 5.26 Å². The van der Waals surface area contributed by atoms with E-state index < -0.39 is 0 Å². The van der Waals surface area contributed by atoms with Crippen molar-refractivity contribution in [3.8, 4) is 6.07 Å². The third kappa shape index (κ3) is 4.05. The van der Waals surface area contributed by atoms with E-state index in [2.05, 4.69) is 10.2 Å². The summed E-state index contributed by atoms with van der Waals surface area (Å²) < 4.78 is 0. The summed E-state index contributed by atoms with van der Waals surface area (Å²) in [6.45, 7) is 2.78. The minimum Gasteiger partial charge on any atom is -0.396 e. The second kappa shape index (κ2) is 7.04. The molecule has 5 heteroatoms. The molecule has 2 rings (SSSR count). The number of likely N-dealkylation sites (tertiary alicyclic amines) is 1. The predicted octanol–water partition coefficient (Wildman–Crippen LogP) is 1.20. The molecule has 1 aromatic carbocycles. The van der Waals surface area contributed by atoms with Crippen molar-refractivity contribution in [2.45, 2.75) is 12.8 Å². The van der Waals surface area contributed by atoms with E-state index in [9.17, 15) is 4.79 Å². The summed E-state index contributed by atoms with van der Waals surface area (Å²) in [6.07, 6.45) is 1.45. The Kier molecular flexibility index (Phi) is 5.10. The van der Waals surface area contributed by atoms with Crippen LogP contribution >= 0.6 is 0 Å². The molecular formula is C15H19N3O2. The highest BCUT2D eigenvalue weighted by molar-refractivity contribution is 5.90. The highest BCUT2D eigenvalue weighted by Crippen LogP contribution is 2.15. The fourth-order valence-corrected chi connectivity index (χ4v) is 2.38. The molecule has 1 fully saturated rings. The van der Waals surface area contributed by atoms with Gasteiger partial charge in [0.05, 0.1) is 11.6 Å². The molecule has 1 unspecified atom stereocenters. The number of aliphatic hydroxyl groups excluding tert-OH is 1. The van der Waals surface area contributed by atoms with Gasteiger partial charge in [-0.15, -0.1) is 0 Å². The summed E-state index contributed by atoms with van der Waals surface area (Å²) in [5.74, 6) is 0.332. The molecule has 2 N–H and O–H groups in total. The summed E-state index contributed by atoms with van der Waals surface area (Å²) in [5.41, 5.74) is 1.29. The molecule has 1 saturated heterocycles. The standard InChI is InChI=1S/C15H19N3O2/c16-9-12-1-3-14(4-2-12)17-15(20)6-8-18-7-5-13(10-18)11-19/h1-4,13,19H,5-8,10-11H2,(H,17,20). The molecule has 0 aromatic heterocycles. The lowest BCUT2D eigenvalue weighted by atomic mass is 10.1. The Morgan fingerprint density at radius 2 is 2.20 bits per heavy atom. The largest absolute Gasteiger partial charge is 0.396 e. The number of hydrogen-bond acceptors (Lipinski definition) is 4. The number of anilines is 1. The maximum atomic E-state index is 11.8. The second-order valence-corrected chi connectivity index (χ2v) is 5.13. The van der Waals surface area contributed by atoms with Crippen LogP contribution in [0.1, 0.15) is 18.4 Å². The second-order valence-electron chi connectivity index (χ2n) is 5.13. The first-order valence-electron chi connectivity index (χ1n) is 6.84. The van der Waals surface area contributed by atoms with Crippen LogP contribution in [0.4, 0.5) is 5.69 Å². The van der Waals surface area contributed by atoms with E-state index in [4.69, 9.17) is 10.4 Å². The summed E-state index contributed by atoms with van der Waals surface area (Å²) in [7, 11) is 0. The Morgan fingerprint density at radius 1 is 1.45 bits per heavy atom. The number of amides is 1. The number of benzene rings is 1. The van der Waals surface area contributed by atoms with Gasteiger partial charge in [0.15, 0.2) is 0 Å². The van der Waals surface area contributed by atoms with Gasteiger partial charge in [0.25, 0.3) is 0 Å². The van der Waals surface area contributed by atoms with Gasteiger partial charge >= 0.3 is 0 Å². The van der Waals surface area contributed by atoms with Crippen LogP contribution in [0.2, 0.25) is 0 Å². The molecule has 0 saturated carbocycles. The van der Waals surface area contributed by atoms with Crippen molar-refractivity contribution in [2.75, 3.05) is 31.6 Å². The first-order valence-corrected chi connectivity index (χ1v) is 6.84. The Balaban J connectivity index is 1.74. The third-order valence-electron chi connectivity index (χ3n) is 3.58. The molecule has 1 heterocycles. The van der Waals surface area contributed by atoms with Gasteiger partial charge in [-0.3, -0.25) is 4.79 Å². The Labute approximate surface area is 118 Å². The average molecular weight is 273 g/mol. The first kappa shape index (κ1) is 14.5. The molecule has 1 atom stereocenters. The lowest BCUT2D eigenvalue weighted by Gasteiger charge is -2.15. The predicted molar refractivity (Wildman–Crippen MR) is 76.0 cm³/mol. The number of nitrogens with one attached hydrogen (secondary N) is 1. The monoisotopic (exact) mass is 273 g/mol. The molecule has 1 aliphatic rings. The van der Waals surface area contributed by atoms with Crippen molar-refractivity contribution in [3.63, 3.8) is 0 Å². The van der Waals surface area contributed by atoms with Crippen LogP contribution in [0, 0.1) is 17.2 Å². The molecule has 106 valence electrons. The summed E-state index contributed by atoms with van der Waals surface area (Å²) >= 11 is 0. The number of nitriles is 1. The molecule has 1 aromatic rings. The molecule has 20 heavy (non-hydrogen) atoms. The van der Waals surface area contributed by atoms with E-state index in [1.165, 1.54) is 0 Å². The number of carbonyl (C=O) groups is 1. The zero-order valence-corrected chi connectivity index (χ0v) is 11.4. The molecule has 0 radical (unpaired) electrons. The summed E-state index contributed by atoms with van der Waals surface area (Å²) in [6, 6.07) is 8.87. The van der Waals surface area contributed by atoms with Crippen LogP contribution in [0.5, 0.6) is 0 Å². The molecule has 5 nitrogen and oxygen atoms in total. The van der Waals surface area contributed by atoms with Gasteiger partial charge in [-0.05, 0) is 43.1 Å². The number of aliphatic hydroxyl groups is 1. The van der Waals surface area contributed by atoms with E-state index >= 15 is 0 Å². The van der Waals surface area contributed by atoms with E-state index in [-0.39, 0.29) is 12.5 Å². The van der Waals surface area contributed by atoms with E-state index in [1.807, 2.05) is 6.07 Å². The van der Waals surface area contributed by atoms with Crippen LogP contribution in [-0.2, 0) is 4.79 Å². The summed E-state index contributed by atoms with van der Waals surface area (Å²) in [5, 5.41) is 20.6. The van der Waals surface area contributed by atoms with Crippen molar-refractivity contribution >= 4 is 11.6 Å². The van der Waals surface area contributed by atoms with E-state index in [1.54, 1.807) is 24.3 Å². The van der Waals surface area contributed by atoms with Gasteiger partial charge in [0.2, 0.25) is 5.91 Å². The Morgan fingerprint density at radius 3 is 2.80 bits per heavy atom. The highest BCUT2D eigenvalue weighted by atomic mass is 16.3. The van der Waals surface area contributed by atoms with Gasteiger partial charge < -0.3 is 15.3 Å². The molecule has 1 amide bonds. The van der Waals surface area contributed by atoms with Crippen molar-refractivity contribution < 1.29 is 9.90 Å². The minimum atomic E-state index is -0.0258. The lowest BCUT2D eigenvalue weighted by molar-refractivity contribution is -0.116. The molecular weight excluding hydrogens is 254 g/mol. The van der Waals surface area contributed by atoms with E-state index in [0.29, 0.717) is 23.6 Å². The SMILES string of the molecule is N#Cc1ccc(NC(=O)CCN2CCC(CO)C2)cc1. The number of nitrogens with zero attached hydrogens (tertiary/aromatic N) is 2. The van der Waals surface area contributed by atoms with Crippen molar-refractivity contribution in [1.82, 2.24) is 4.90 Å². The van der Waals surface area contributed by atoms with Crippen LogP contribution in [0.3, 0.4) is 0 Å². The maximum absolute atomic E-state index is 11.8. The van der Waals surface area contributed by atoms with Crippen molar-refractivity contribution in [3.05, 3.63) is 29.8 Å². The molecule has 0 bridgehead atoms. The third-order valence-corrected chi connectivity index (χ3v) is 3.58. The smallest absolute Gasteiger partial charge is 0.225 e. The van der Waals surface area contributed by atoms with Crippen molar-refractivity contribution in [2.24, 2.45) is 5.92 Å². The highest BCUT2D eigenvalue weighted by Gasteiger charge is 2.21. The van der Waals surface area contributed by atoms with Crippen LogP contribution < -0.4 is 5.32 Å². The Hall–Kier alpha value is -1.90. The number of rotatable bonds is 5. The van der Waals surface area contributed by atoms with Gasteiger partial charge in [0, 0.05) is 31.8 Å². The fourth-order valence-electron chi connectivity index (χ4n) is 2.38. The topological polar surface area (TPSA) is 76.4 Å². The van der Waals surface area contributed by atoms with Crippen LogP contribution in [0.15, 0.2) is 24.3 Å². The number of hydrogen-bond donors (Lipinski definition) is 2. The lowest BCUT2D eigenvalue weighted by Crippen LogP contribution is -2.26. The minimum absolute atomic E-state index is 0.0258. The Bertz CT molecular complexity index is 493. The normalized spacial score (nSPS) is 18.7. The van der Waals surface area contributed by atoms with E-state index in [0.717, 1.165) is 26.1 Å². The molecule has 0 aliphatic carbocycles. The fraction of sp³-hybridized carbons (Fsp3) is 0.467. The summed E-state index contributed by atoms with van der Waals surface area (Å²) in [4.78, 5) is 14.0. The zero-order chi connectivity index (χ0) is 14.4. The van der Waals surface area contributed by atoms with Gasteiger partial charge in [0.1, 0.15) is 0 Å². The molecule has 1 aliphatic heterocycles. The van der Waals surface area contributed by atoms with Gasteiger partial charge in [-0.1, -0.05) is 0 Å². The van der Waals surface area contributed by atoms with Crippen LogP contribution in [-0.4, -0.2) is 42.2 Å². The average Bonchev–Trinajstić information content (AvgIpc) is 2.94. The quantitative estimate of drug-likeness (QED) is 0.845. The number of carbonyl (C=O) groups excluding carboxylic acids is 1. The van der Waals surface area contributed by atoms with Crippen LogP contribution in [0.25, 0.3) is 0 Å². The van der Waals surface area contributed by atoms with Gasteiger partial charge in [-0.25, -0.2) is 0 Å². The molecule has 0 spiro atoms. The van der Waals surface area contributed by atoms with Crippen molar-refractivity contribution in [1.29, 1.82) is 5.26 Å².